The lowest BCUT2D eigenvalue weighted by Gasteiger charge is -2.12. The third kappa shape index (κ3) is 2.63. The molecule has 0 spiro atoms. The summed E-state index contributed by atoms with van der Waals surface area (Å²) in [5, 5.41) is -1.33. The molecule has 0 aromatic heterocycles. The molecule has 0 radical (unpaired) electrons. The van der Waals surface area contributed by atoms with Crippen molar-refractivity contribution in [3.63, 3.8) is 0 Å². The number of sulfone groups is 1. The Labute approximate surface area is 117 Å². The van der Waals surface area contributed by atoms with Crippen LogP contribution in [0.15, 0.2) is 59.5 Å². The number of halogens is 1. The van der Waals surface area contributed by atoms with Crippen LogP contribution in [0, 0.1) is 5.82 Å². The molecule has 2 rings (SSSR count). The predicted octanol–water partition coefficient (Wildman–Crippen LogP) is 2.87. The highest BCUT2D eigenvalue weighted by molar-refractivity contribution is 7.92. The fraction of sp³-hybridized carbons (Fsp3) is 0.133. The number of carbonyl (C=O) groups excluding carboxylic acids is 1. The van der Waals surface area contributed by atoms with Crippen molar-refractivity contribution < 1.29 is 17.6 Å². The fourth-order valence-electron chi connectivity index (χ4n) is 1.84. The lowest BCUT2D eigenvalue weighted by molar-refractivity contribution is 0.0991. The van der Waals surface area contributed by atoms with Crippen molar-refractivity contribution >= 4 is 15.6 Å². The third-order valence-corrected chi connectivity index (χ3v) is 5.13. The van der Waals surface area contributed by atoms with Gasteiger partial charge in [-0.05, 0) is 19.1 Å². The normalized spacial score (nSPS) is 12.9. The molecule has 5 heteroatoms. The van der Waals surface area contributed by atoms with E-state index < -0.39 is 31.6 Å². The summed E-state index contributed by atoms with van der Waals surface area (Å²) < 4.78 is 38.2. The van der Waals surface area contributed by atoms with Gasteiger partial charge in [-0.25, -0.2) is 12.8 Å². The van der Waals surface area contributed by atoms with E-state index in [0.29, 0.717) is 5.56 Å². The van der Waals surface area contributed by atoms with Gasteiger partial charge in [0.25, 0.3) is 0 Å². The van der Waals surface area contributed by atoms with E-state index in [1.54, 1.807) is 18.2 Å². The van der Waals surface area contributed by atoms with Gasteiger partial charge >= 0.3 is 0 Å². The largest absolute Gasteiger partial charge is 0.293 e. The van der Waals surface area contributed by atoms with Crippen molar-refractivity contribution in [2.75, 3.05) is 0 Å². The molecule has 0 saturated carbocycles. The lowest BCUT2D eigenvalue weighted by atomic mass is 10.1. The highest BCUT2D eigenvalue weighted by Gasteiger charge is 2.32. The average Bonchev–Trinajstić information content (AvgIpc) is 2.47. The second-order valence-electron chi connectivity index (χ2n) is 4.35. The molecule has 104 valence electrons. The second-order valence-corrected chi connectivity index (χ2v) is 6.58. The molecule has 0 fully saturated rings. The Hall–Kier alpha value is -2.01. The molecule has 0 bridgehead atoms. The molecule has 20 heavy (non-hydrogen) atoms. The van der Waals surface area contributed by atoms with E-state index in [-0.39, 0.29) is 0 Å². The van der Waals surface area contributed by atoms with E-state index in [1.807, 2.05) is 0 Å². The molecule has 1 unspecified atom stereocenters. The third-order valence-electron chi connectivity index (χ3n) is 3.04. The molecule has 0 aliphatic carbocycles. The van der Waals surface area contributed by atoms with E-state index in [4.69, 9.17) is 0 Å². The zero-order valence-electron chi connectivity index (χ0n) is 10.8. The summed E-state index contributed by atoms with van der Waals surface area (Å²) in [6.07, 6.45) is 0. The minimum Gasteiger partial charge on any atom is -0.293 e. The molecular formula is C15H13FO3S. The fourth-order valence-corrected chi connectivity index (χ4v) is 3.25. The summed E-state index contributed by atoms with van der Waals surface area (Å²) in [6, 6.07) is 13.2. The molecule has 0 amide bonds. The maximum atomic E-state index is 13.6. The van der Waals surface area contributed by atoms with Crippen LogP contribution in [0.25, 0.3) is 0 Å². The van der Waals surface area contributed by atoms with Crippen LogP contribution in [0.1, 0.15) is 17.3 Å². The van der Waals surface area contributed by atoms with Gasteiger partial charge < -0.3 is 0 Å². The van der Waals surface area contributed by atoms with E-state index in [0.717, 1.165) is 6.07 Å². The van der Waals surface area contributed by atoms with Gasteiger partial charge in [0.15, 0.2) is 15.6 Å². The van der Waals surface area contributed by atoms with Gasteiger partial charge in [-0.1, -0.05) is 42.5 Å². The van der Waals surface area contributed by atoms with Crippen LogP contribution in [0.3, 0.4) is 0 Å². The van der Waals surface area contributed by atoms with Crippen LogP contribution in [0.4, 0.5) is 4.39 Å². The molecule has 0 heterocycles. The SMILES string of the molecule is CC(C(=O)c1ccccc1)S(=O)(=O)c1ccccc1F. The molecular weight excluding hydrogens is 279 g/mol. The Bertz CT molecular complexity index is 724. The van der Waals surface area contributed by atoms with E-state index >= 15 is 0 Å². The Kier molecular flexibility index (Phi) is 3.99. The zero-order chi connectivity index (χ0) is 14.8. The van der Waals surface area contributed by atoms with E-state index in [9.17, 15) is 17.6 Å². The Morgan fingerprint density at radius 1 is 1.00 bits per heavy atom. The van der Waals surface area contributed by atoms with Gasteiger partial charge in [-0.3, -0.25) is 4.79 Å². The summed E-state index contributed by atoms with van der Waals surface area (Å²) in [4.78, 5) is 11.7. The van der Waals surface area contributed by atoms with Gasteiger partial charge in [0.05, 0.1) is 0 Å². The van der Waals surface area contributed by atoms with E-state index in [1.165, 1.54) is 37.3 Å². The highest BCUT2D eigenvalue weighted by atomic mass is 32.2. The predicted molar refractivity (Wildman–Crippen MR) is 73.8 cm³/mol. The van der Waals surface area contributed by atoms with Crippen LogP contribution in [0.2, 0.25) is 0 Å². The van der Waals surface area contributed by atoms with Crippen LogP contribution in [-0.2, 0) is 9.84 Å². The number of benzene rings is 2. The maximum absolute atomic E-state index is 13.6. The summed E-state index contributed by atoms with van der Waals surface area (Å²) in [7, 11) is -4.04. The van der Waals surface area contributed by atoms with Crippen molar-refractivity contribution in [1.29, 1.82) is 0 Å². The molecule has 0 N–H and O–H groups in total. The zero-order valence-corrected chi connectivity index (χ0v) is 11.6. The van der Waals surface area contributed by atoms with Crippen LogP contribution in [0.5, 0.6) is 0 Å². The van der Waals surface area contributed by atoms with Gasteiger partial charge in [0.1, 0.15) is 16.0 Å². The van der Waals surface area contributed by atoms with Crippen LogP contribution < -0.4 is 0 Å². The topological polar surface area (TPSA) is 51.2 Å². The number of carbonyl (C=O) groups is 1. The highest BCUT2D eigenvalue weighted by Crippen LogP contribution is 2.21. The molecule has 3 nitrogen and oxygen atoms in total. The number of Topliss-reactive ketones (excluding diaryl/α,β-unsaturated/α-hetero) is 1. The van der Waals surface area contributed by atoms with E-state index in [2.05, 4.69) is 0 Å². The summed E-state index contributed by atoms with van der Waals surface area (Å²) >= 11 is 0. The molecule has 0 aliphatic heterocycles. The lowest BCUT2D eigenvalue weighted by Crippen LogP contribution is -2.28. The van der Waals surface area contributed by atoms with Gasteiger partial charge in [0, 0.05) is 5.56 Å². The Morgan fingerprint density at radius 3 is 2.15 bits per heavy atom. The molecule has 2 aromatic rings. The summed E-state index contributed by atoms with van der Waals surface area (Å²) in [5.74, 6) is -1.39. The van der Waals surface area contributed by atoms with Crippen molar-refractivity contribution in [3.05, 3.63) is 66.0 Å². The van der Waals surface area contributed by atoms with Crippen molar-refractivity contribution in [2.24, 2.45) is 0 Å². The standard InChI is InChI=1S/C15H13FO3S/c1-11(15(17)12-7-3-2-4-8-12)20(18,19)14-10-6-5-9-13(14)16/h2-11H,1H3. The van der Waals surface area contributed by atoms with Crippen LogP contribution >= 0.6 is 0 Å². The molecule has 1 atom stereocenters. The first kappa shape index (κ1) is 14.4. The molecule has 0 saturated heterocycles. The number of hydrogen-bond donors (Lipinski definition) is 0. The van der Waals surface area contributed by atoms with Gasteiger partial charge in [-0.2, -0.15) is 0 Å². The van der Waals surface area contributed by atoms with Crippen molar-refractivity contribution in [1.82, 2.24) is 0 Å². The molecule has 2 aromatic carbocycles. The smallest absolute Gasteiger partial charge is 0.191 e. The Balaban J connectivity index is 2.41. The first-order valence-corrected chi connectivity index (χ1v) is 7.57. The Morgan fingerprint density at radius 2 is 1.55 bits per heavy atom. The molecule has 0 aliphatic rings. The second kappa shape index (κ2) is 5.54. The van der Waals surface area contributed by atoms with Crippen molar-refractivity contribution in [2.45, 2.75) is 17.1 Å². The quantitative estimate of drug-likeness (QED) is 0.814. The number of rotatable bonds is 4. The maximum Gasteiger partial charge on any atom is 0.191 e. The number of hydrogen-bond acceptors (Lipinski definition) is 3. The van der Waals surface area contributed by atoms with Crippen LogP contribution in [-0.4, -0.2) is 19.5 Å². The van der Waals surface area contributed by atoms with Gasteiger partial charge in [0.2, 0.25) is 0 Å². The summed E-state index contributed by atoms with van der Waals surface area (Å²) in [5.41, 5.74) is 0.292. The first-order valence-electron chi connectivity index (χ1n) is 6.02. The minimum absolute atomic E-state index is 0.292. The monoisotopic (exact) mass is 292 g/mol. The number of ketones is 1. The minimum atomic E-state index is -4.04. The summed E-state index contributed by atoms with van der Waals surface area (Å²) in [6.45, 7) is 1.27. The first-order chi connectivity index (χ1) is 9.44. The van der Waals surface area contributed by atoms with Crippen molar-refractivity contribution in [3.8, 4) is 0 Å². The average molecular weight is 292 g/mol. The van der Waals surface area contributed by atoms with Gasteiger partial charge in [-0.15, -0.1) is 0 Å².